The highest BCUT2D eigenvalue weighted by molar-refractivity contribution is 6.24. The fourth-order valence-corrected chi connectivity index (χ4v) is 3.47. The lowest BCUT2D eigenvalue weighted by atomic mass is 10.2. The number of carbonyl (C=O) groups excluding carboxylic acids is 1. The van der Waals surface area contributed by atoms with E-state index in [0.717, 1.165) is 28.9 Å². The first-order valence-electron chi connectivity index (χ1n) is 8.44. The van der Waals surface area contributed by atoms with E-state index in [1.54, 1.807) is 11.1 Å². The van der Waals surface area contributed by atoms with Crippen LogP contribution in [0.1, 0.15) is 13.3 Å². The summed E-state index contributed by atoms with van der Waals surface area (Å²) in [7, 11) is 0. The van der Waals surface area contributed by atoms with Gasteiger partial charge in [0.15, 0.2) is 17.5 Å². The Bertz CT molecular complexity index is 974. The first-order valence-corrected chi connectivity index (χ1v) is 8.87. The van der Waals surface area contributed by atoms with Crippen molar-refractivity contribution >= 4 is 29.4 Å². The van der Waals surface area contributed by atoms with Crippen molar-refractivity contribution in [3.05, 3.63) is 28.9 Å². The standard InChI is InChI=1S/C17H18ClFN6O/c1-9(26)25-3-2-11(8-25)23-17-14(19)7-22-16(24-17)13-6-21-15-12(13)4-10(18)5-20-15/h4,6-7,10-11H,2-3,5,8H2,1H3,(H,20,21)(H,22,23,24)/t10?,11-/m1/s1. The second kappa shape index (κ2) is 6.68. The van der Waals surface area contributed by atoms with E-state index in [1.807, 2.05) is 6.08 Å². The zero-order valence-corrected chi connectivity index (χ0v) is 14.9. The summed E-state index contributed by atoms with van der Waals surface area (Å²) >= 11 is 6.16. The van der Waals surface area contributed by atoms with Crippen LogP contribution in [0, 0.1) is 5.82 Å². The molecule has 2 aliphatic heterocycles. The van der Waals surface area contributed by atoms with Gasteiger partial charge in [-0.05, 0) is 6.42 Å². The zero-order valence-electron chi connectivity index (χ0n) is 14.2. The number of aromatic nitrogens is 3. The molecule has 4 heterocycles. The molecule has 1 saturated heterocycles. The van der Waals surface area contributed by atoms with E-state index >= 15 is 0 Å². The number of alkyl halides is 1. The van der Waals surface area contributed by atoms with Crippen LogP contribution >= 0.6 is 11.6 Å². The lowest BCUT2D eigenvalue weighted by Gasteiger charge is -2.16. The Hall–Kier alpha value is -2.48. The van der Waals surface area contributed by atoms with Crippen molar-refractivity contribution in [1.82, 2.24) is 19.9 Å². The Morgan fingerprint density at radius 3 is 3.12 bits per heavy atom. The van der Waals surface area contributed by atoms with E-state index in [2.05, 4.69) is 25.3 Å². The van der Waals surface area contributed by atoms with E-state index in [4.69, 9.17) is 11.6 Å². The first kappa shape index (κ1) is 17.0. The molecule has 0 saturated carbocycles. The van der Waals surface area contributed by atoms with Crippen LogP contribution in [0.5, 0.6) is 0 Å². The molecular weight excluding hydrogens is 359 g/mol. The minimum atomic E-state index is -0.525. The van der Waals surface area contributed by atoms with Crippen LogP contribution in [0.2, 0.25) is 0 Å². The number of nitrogens with one attached hydrogen (secondary N) is 2. The molecule has 0 radical (unpaired) electrons. The number of aromatic amines is 1. The van der Waals surface area contributed by atoms with Crippen molar-refractivity contribution in [1.29, 1.82) is 0 Å². The number of nitrogens with zero attached hydrogens (tertiary/aromatic N) is 4. The summed E-state index contributed by atoms with van der Waals surface area (Å²) in [5, 5.41) is 3.74. The molecule has 9 heteroatoms. The van der Waals surface area contributed by atoms with Crippen molar-refractivity contribution < 1.29 is 9.18 Å². The van der Waals surface area contributed by atoms with Gasteiger partial charge in [0, 0.05) is 43.0 Å². The van der Waals surface area contributed by atoms with Crippen LogP contribution in [0.25, 0.3) is 17.5 Å². The molecule has 1 fully saturated rings. The highest BCUT2D eigenvalue weighted by atomic mass is 35.5. The van der Waals surface area contributed by atoms with E-state index in [1.165, 1.54) is 6.92 Å². The van der Waals surface area contributed by atoms with Crippen molar-refractivity contribution in [3.63, 3.8) is 0 Å². The largest absolute Gasteiger partial charge is 0.363 e. The number of anilines is 1. The van der Waals surface area contributed by atoms with Gasteiger partial charge in [-0.1, -0.05) is 6.08 Å². The number of H-pyrrole nitrogens is 1. The molecule has 2 aromatic heterocycles. The molecule has 0 bridgehead atoms. The number of fused-ring (bicyclic) bond motifs is 1. The van der Waals surface area contributed by atoms with Crippen molar-refractivity contribution in [3.8, 4) is 11.4 Å². The van der Waals surface area contributed by atoms with Gasteiger partial charge in [-0.25, -0.2) is 14.4 Å². The summed E-state index contributed by atoms with van der Waals surface area (Å²) in [6, 6.07) is -0.0370. The third kappa shape index (κ3) is 3.16. The third-order valence-electron chi connectivity index (χ3n) is 4.63. The number of carbonyl (C=O) groups is 1. The molecule has 4 rings (SSSR count). The Balaban J connectivity index is 1.63. The number of hydrogen-bond acceptors (Lipinski definition) is 5. The van der Waals surface area contributed by atoms with Gasteiger partial charge in [0.25, 0.3) is 0 Å². The molecule has 0 aromatic carbocycles. The summed E-state index contributed by atoms with van der Waals surface area (Å²) in [6.07, 6.45) is 5.55. The van der Waals surface area contributed by atoms with Gasteiger partial charge in [-0.2, -0.15) is 0 Å². The van der Waals surface area contributed by atoms with Gasteiger partial charge in [-0.3, -0.25) is 9.79 Å². The number of likely N-dealkylation sites (tertiary alicyclic amines) is 1. The van der Waals surface area contributed by atoms with E-state index in [0.29, 0.717) is 25.5 Å². The van der Waals surface area contributed by atoms with Gasteiger partial charge in [-0.15, -0.1) is 11.6 Å². The maximum absolute atomic E-state index is 14.2. The van der Waals surface area contributed by atoms with Crippen LogP contribution in [-0.2, 0) is 4.79 Å². The summed E-state index contributed by atoms with van der Waals surface area (Å²) < 4.78 is 14.2. The molecule has 0 spiro atoms. The molecule has 1 unspecified atom stereocenters. The number of halogens is 2. The summed E-state index contributed by atoms with van der Waals surface area (Å²) in [4.78, 5) is 29.1. The van der Waals surface area contributed by atoms with Gasteiger partial charge >= 0.3 is 0 Å². The molecule has 2 atom stereocenters. The van der Waals surface area contributed by atoms with E-state index in [9.17, 15) is 9.18 Å². The molecule has 7 nitrogen and oxygen atoms in total. The number of rotatable bonds is 3. The van der Waals surface area contributed by atoms with Crippen LogP contribution < -0.4 is 16.0 Å². The second-order valence-corrected chi connectivity index (χ2v) is 7.03. The van der Waals surface area contributed by atoms with Crippen molar-refractivity contribution in [2.24, 2.45) is 4.99 Å². The number of amides is 1. The monoisotopic (exact) mass is 376 g/mol. The Morgan fingerprint density at radius 1 is 1.50 bits per heavy atom. The zero-order chi connectivity index (χ0) is 18.3. The topological polar surface area (TPSA) is 86.3 Å². The minimum Gasteiger partial charge on any atom is -0.363 e. The van der Waals surface area contributed by atoms with Crippen LogP contribution in [0.15, 0.2) is 17.4 Å². The Kier molecular flexibility index (Phi) is 4.36. The molecule has 0 aliphatic carbocycles. The average molecular weight is 377 g/mol. The van der Waals surface area contributed by atoms with Gasteiger partial charge < -0.3 is 15.2 Å². The molecule has 26 heavy (non-hydrogen) atoms. The third-order valence-corrected chi connectivity index (χ3v) is 4.89. The Labute approximate surface area is 154 Å². The van der Waals surface area contributed by atoms with Crippen molar-refractivity contribution in [2.75, 3.05) is 25.0 Å². The van der Waals surface area contributed by atoms with Gasteiger partial charge in [0.1, 0.15) is 5.49 Å². The maximum Gasteiger partial charge on any atom is 0.219 e. The number of hydrogen-bond donors (Lipinski definition) is 2. The van der Waals surface area contributed by atoms with Gasteiger partial charge in [0.05, 0.1) is 18.1 Å². The van der Waals surface area contributed by atoms with E-state index < -0.39 is 5.82 Å². The smallest absolute Gasteiger partial charge is 0.219 e. The quantitative estimate of drug-likeness (QED) is 0.771. The first-order chi connectivity index (χ1) is 12.5. The summed E-state index contributed by atoms with van der Waals surface area (Å²) in [5.41, 5.74) is 1.46. The predicted molar refractivity (Wildman–Crippen MR) is 95.8 cm³/mol. The highest BCUT2D eigenvalue weighted by Gasteiger charge is 2.25. The average Bonchev–Trinajstić information content (AvgIpc) is 3.23. The minimum absolute atomic E-state index is 0.0204. The molecule has 2 aliphatic rings. The van der Waals surface area contributed by atoms with E-state index in [-0.39, 0.29) is 23.1 Å². The second-order valence-electron chi connectivity index (χ2n) is 6.47. The summed E-state index contributed by atoms with van der Waals surface area (Å²) in [5.74, 6) is 0.0240. The fraction of sp³-hybridized carbons (Fsp3) is 0.412. The van der Waals surface area contributed by atoms with Crippen molar-refractivity contribution in [2.45, 2.75) is 24.8 Å². The van der Waals surface area contributed by atoms with Crippen LogP contribution in [0.3, 0.4) is 0 Å². The van der Waals surface area contributed by atoms with Crippen LogP contribution in [0.4, 0.5) is 10.2 Å². The molecule has 1 amide bonds. The lowest BCUT2D eigenvalue weighted by molar-refractivity contribution is -0.127. The van der Waals surface area contributed by atoms with Gasteiger partial charge in [0.2, 0.25) is 5.91 Å². The SMILES string of the molecule is CC(=O)N1CC[C@@H](Nc2nc(-c3c[nH]c4c3=CC(Cl)CN=4)ncc2F)C1. The highest BCUT2D eigenvalue weighted by Crippen LogP contribution is 2.19. The van der Waals surface area contributed by atoms with Crippen LogP contribution in [-0.4, -0.2) is 56.8 Å². The molecule has 2 N–H and O–H groups in total. The molecule has 2 aromatic rings. The Morgan fingerprint density at radius 2 is 2.35 bits per heavy atom. The predicted octanol–water partition coefficient (Wildman–Crippen LogP) is 0.665. The fourth-order valence-electron chi connectivity index (χ4n) is 3.28. The lowest BCUT2D eigenvalue weighted by Crippen LogP contribution is -2.31. The molecular formula is C17H18ClFN6O. The molecule has 136 valence electrons. The summed E-state index contributed by atoms with van der Waals surface area (Å²) in [6.45, 7) is 3.24. The maximum atomic E-state index is 14.2. The normalized spacial score (nSPS) is 21.7.